The summed E-state index contributed by atoms with van der Waals surface area (Å²) in [5, 5.41) is 3.62. The molecule has 0 radical (unpaired) electrons. The van der Waals surface area contributed by atoms with Crippen LogP contribution >= 0.6 is 0 Å². The number of anilines is 1. The van der Waals surface area contributed by atoms with Crippen molar-refractivity contribution in [2.45, 2.75) is 45.1 Å². The number of hydrogen-bond donors (Lipinski definition) is 1. The van der Waals surface area contributed by atoms with Gasteiger partial charge >= 0.3 is 0 Å². The number of carbonyl (C=O) groups excluding carboxylic acids is 1. The van der Waals surface area contributed by atoms with Crippen molar-refractivity contribution < 1.29 is 14.3 Å². The van der Waals surface area contributed by atoms with Crippen molar-refractivity contribution in [3.63, 3.8) is 0 Å². The molecular weight excluding hydrogens is 394 g/mol. The van der Waals surface area contributed by atoms with Gasteiger partial charge in [-0.2, -0.15) is 0 Å². The Balaban J connectivity index is 1.34. The van der Waals surface area contributed by atoms with E-state index in [1.54, 1.807) is 24.5 Å². The zero-order chi connectivity index (χ0) is 21.6. The lowest BCUT2D eigenvalue weighted by molar-refractivity contribution is 0.0712. The van der Waals surface area contributed by atoms with Gasteiger partial charge in [-0.3, -0.25) is 14.2 Å². The average molecular weight is 422 g/mol. The Hall–Kier alpha value is -3.29. The van der Waals surface area contributed by atoms with Gasteiger partial charge in [0.05, 0.1) is 11.9 Å². The third-order valence-electron chi connectivity index (χ3n) is 5.74. The highest BCUT2D eigenvalue weighted by molar-refractivity contribution is 5.95. The highest BCUT2D eigenvalue weighted by atomic mass is 16.7. The summed E-state index contributed by atoms with van der Waals surface area (Å²) in [6, 6.07) is 5.39. The minimum atomic E-state index is -0.0932. The summed E-state index contributed by atoms with van der Waals surface area (Å²) in [6.45, 7) is 8.02. The van der Waals surface area contributed by atoms with Gasteiger partial charge in [0.2, 0.25) is 6.79 Å². The SMILES string of the molecule is CC(C)(C)Nc1c(C2CCN(C(=O)c3ccc4c(c3)OCO4)CC2)nc2cnccn12. The molecule has 1 saturated heterocycles. The first-order valence-corrected chi connectivity index (χ1v) is 10.7. The van der Waals surface area contributed by atoms with Gasteiger partial charge in [0.25, 0.3) is 5.91 Å². The summed E-state index contributed by atoms with van der Waals surface area (Å²) in [4.78, 5) is 24.1. The Kier molecular flexibility index (Phi) is 4.72. The molecule has 8 nitrogen and oxygen atoms in total. The van der Waals surface area contributed by atoms with Crippen LogP contribution in [0.25, 0.3) is 5.65 Å². The van der Waals surface area contributed by atoms with Crippen LogP contribution in [0.3, 0.4) is 0 Å². The van der Waals surface area contributed by atoms with Crippen LogP contribution in [0, 0.1) is 0 Å². The van der Waals surface area contributed by atoms with Crippen molar-refractivity contribution in [1.29, 1.82) is 0 Å². The zero-order valence-corrected chi connectivity index (χ0v) is 18.1. The van der Waals surface area contributed by atoms with E-state index in [4.69, 9.17) is 14.5 Å². The average Bonchev–Trinajstić information content (AvgIpc) is 3.37. The summed E-state index contributed by atoms with van der Waals surface area (Å²) >= 11 is 0. The van der Waals surface area contributed by atoms with E-state index >= 15 is 0 Å². The first-order chi connectivity index (χ1) is 14.9. The number of carbonyl (C=O) groups is 1. The number of amides is 1. The fourth-order valence-electron chi connectivity index (χ4n) is 4.26. The highest BCUT2D eigenvalue weighted by Crippen LogP contribution is 2.36. The molecule has 162 valence electrons. The topological polar surface area (TPSA) is 81.0 Å². The maximum Gasteiger partial charge on any atom is 0.253 e. The van der Waals surface area contributed by atoms with Gasteiger partial charge in [-0.15, -0.1) is 0 Å². The minimum Gasteiger partial charge on any atom is -0.454 e. The summed E-state index contributed by atoms with van der Waals surface area (Å²) in [5.41, 5.74) is 2.43. The van der Waals surface area contributed by atoms with Gasteiger partial charge in [0.1, 0.15) is 5.82 Å². The van der Waals surface area contributed by atoms with E-state index in [9.17, 15) is 4.79 Å². The Morgan fingerprint density at radius 2 is 1.94 bits per heavy atom. The molecule has 5 rings (SSSR count). The number of ether oxygens (including phenoxy) is 2. The maximum atomic E-state index is 13.0. The zero-order valence-electron chi connectivity index (χ0n) is 18.1. The number of rotatable bonds is 3. The number of likely N-dealkylation sites (tertiary alicyclic amines) is 1. The monoisotopic (exact) mass is 421 g/mol. The van der Waals surface area contributed by atoms with Crippen LogP contribution in [-0.2, 0) is 0 Å². The Morgan fingerprint density at radius 3 is 2.71 bits per heavy atom. The molecule has 1 fully saturated rings. The molecule has 0 bridgehead atoms. The number of aromatic nitrogens is 3. The predicted octanol–water partition coefficient (Wildman–Crippen LogP) is 3.69. The molecular formula is C23H27N5O3. The van der Waals surface area contributed by atoms with Crippen molar-refractivity contribution in [2.24, 2.45) is 0 Å². The fraction of sp³-hybridized carbons (Fsp3) is 0.435. The molecule has 1 N–H and O–H groups in total. The van der Waals surface area contributed by atoms with Crippen LogP contribution in [0.1, 0.15) is 55.6 Å². The molecule has 0 unspecified atom stereocenters. The standard InChI is InChI=1S/C23H27N5O3/c1-23(2,3)26-21-20(25-19-13-24-8-11-28(19)21)15-6-9-27(10-7-15)22(29)16-4-5-17-18(12-16)31-14-30-17/h4-5,8,11-13,15,26H,6-7,9-10,14H2,1-3H3. The van der Waals surface area contributed by atoms with E-state index in [1.165, 1.54) is 0 Å². The molecule has 1 aromatic carbocycles. The number of fused-ring (bicyclic) bond motifs is 2. The van der Waals surface area contributed by atoms with Gasteiger partial charge < -0.3 is 19.7 Å². The number of imidazole rings is 1. The molecule has 2 aromatic heterocycles. The highest BCUT2D eigenvalue weighted by Gasteiger charge is 2.30. The van der Waals surface area contributed by atoms with Crippen molar-refractivity contribution in [1.82, 2.24) is 19.3 Å². The number of nitrogens with one attached hydrogen (secondary N) is 1. The molecule has 8 heteroatoms. The van der Waals surface area contributed by atoms with E-state index in [0.29, 0.717) is 30.2 Å². The molecule has 2 aliphatic heterocycles. The molecule has 3 aromatic rings. The largest absolute Gasteiger partial charge is 0.454 e. The number of benzene rings is 1. The summed E-state index contributed by atoms with van der Waals surface area (Å²) in [5.74, 6) is 2.66. The second-order valence-corrected chi connectivity index (χ2v) is 9.16. The molecule has 2 aliphatic rings. The smallest absolute Gasteiger partial charge is 0.253 e. The second-order valence-electron chi connectivity index (χ2n) is 9.16. The molecule has 0 aliphatic carbocycles. The molecule has 1 amide bonds. The fourth-order valence-corrected chi connectivity index (χ4v) is 4.26. The van der Waals surface area contributed by atoms with Crippen molar-refractivity contribution >= 4 is 17.4 Å². The molecule has 0 saturated carbocycles. The van der Waals surface area contributed by atoms with Gasteiger partial charge in [-0.25, -0.2) is 4.98 Å². The summed E-state index contributed by atoms with van der Waals surface area (Å²) in [7, 11) is 0. The van der Waals surface area contributed by atoms with Gasteiger partial charge in [-0.1, -0.05) is 0 Å². The van der Waals surface area contributed by atoms with Crippen molar-refractivity contribution in [3.8, 4) is 11.5 Å². The van der Waals surface area contributed by atoms with Crippen LogP contribution in [-0.4, -0.2) is 50.6 Å². The third-order valence-corrected chi connectivity index (χ3v) is 5.74. The van der Waals surface area contributed by atoms with Gasteiger partial charge in [0.15, 0.2) is 17.1 Å². The number of hydrogen-bond acceptors (Lipinski definition) is 6. The first-order valence-electron chi connectivity index (χ1n) is 10.7. The normalized spacial score (nSPS) is 16.7. The summed E-state index contributed by atoms with van der Waals surface area (Å²) in [6.07, 6.45) is 7.24. The van der Waals surface area contributed by atoms with Crippen LogP contribution in [0.5, 0.6) is 11.5 Å². The predicted molar refractivity (Wildman–Crippen MR) is 117 cm³/mol. The molecule has 31 heavy (non-hydrogen) atoms. The second kappa shape index (κ2) is 7.44. The molecule has 0 atom stereocenters. The lowest BCUT2D eigenvalue weighted by Gasteiger charge is -2.32. The van der Waals surface area contributed by atoms with Crippen LogP contribution in [0.4, 0.5) is 5.82 Å². The Morgan fingerprint density at radius 1 is 1.16 bits per heavy atom. The van der Waals surface area contributed by atoms with E-state index < -0.39 is 0 Å². The van der Waals surface area contributed by atoms with E-state index in [1.807, 2.05) is 17.2 Å². The molecule has 0 spiro atoms. The van der Waals surface area contributed by atoms with Gasteiger partial charge in [0, 0.05) is 42.5 Å². The van der Waals surface area contributed by atoms with Gasteiger partial charge in [-0.05, 0) is 51.8 Å². The summed E-state index contributed by atoms with van der Waals surface area (Å²) < 4.78 is 12.8. The van der Waals surface area contributed by atoms with Crippen molar-refractivity contribution in [3.05, 3.63) is 48.0 Å². The number of nitrogens with zero attached hydrogens (tertiary/aromatic N) is 4. The Bertz CT molecular complexity index is 1130. The lowest BCUT2D eigenvalue weighted by Crippen LogP contribution is -2.38. The van der Waals surface area contributed by atoms with E-state index in [0.717, 1.165) is 30.0 Å². The first kappa shape index (κ1) is 19.7. The van der Waals surface area contributed by atoms with Crippen molar-refractivity contribution in [2.75, 3.05) is 25.2 Å². The minimum absolute atomic E-state index is 0.0315. The van der Waals surface area contributed by atoms with Crippen LogP contribution < -0.4 is 14.8 Å². The maximum absolute atomic E-state index is 13.0. The quantitative estimate of drug-likeness (QED) is 0.695. The van der Waals surface area contributed by atoms with E-state index in [2.05, 4.69) is 35.5 Å². The van der Waals surface area contributed by atoms with Crippen LogP contribution in [0.15, 0.2) is 36.8 Å². The Labute approximate surface area is 181 Å². The number of piperidine rings is 1. The van der Waals surface area contributed by atoms with Crippen LogP contribution in [0.2, 0.25) is 0 Å². The third kappa shape index (κ3) is 3.78. The lowest BCUT2D eigenvalue weighted by atomic mass is 9.92. The van der Waals surface area contributed by atoms with E-state index in [-0.39, 0.29) is 24.2 Å². The molecule has 4 heterocycles.